The molecule has 0 N–H and O–H groups in total. The van der Waals surface area contributed by atoms with Gasteiger partial charge in [-0.1, -0.05) is 13.0 Å². The Kier molecular flexibility index (Phi) is 5.36. The maximum absolute atomic E-state index is 12.7. The van der Waals surface area contributed by atoms with Crippen molar-refractivity contribution >= 4 is 23.2 Å². The van der Waals surface area contributed by atoms with Crippen molar-refractivity contribution in [2.45, 2.75) is 39.0 Å². The van der Waals surface area contributed by atoms with Crippen LogP contribution in [0.25, 0.3) is 0 Å². The van der Waals surface area contributed by atoms with E-state index < -0.39 is 0 Å². The molecule has 0 aromatic carbocycles. The van der Waals surface area contributed by atoms with Crippen LogP contribution in [0.15, 0.2) is 17.5 Å². The molecule has 1 aromatic heterocycles. The second-order valence-electron chi connectivity index (χ2n) is 6.94. The SMILES string of the molecule is CC1CCCN(C(=O)C2CCN(C(=O)Cc3cccs3)CC2)C1. The highest BCUT2D eigenvalue weighted by Crippen LogP contribution is 2.24. The van der Waals surface area contributed by atoms with Crippen LogP contribution in [0.3, 0.4) is 0 Å². The van der Waals surface area contributed by atoms with Gasteiger partial charge in [-0.25, -0.2) is 0 Å². The van der Waals surface area contributed by atoms with Gasteiger partial charge in [0.15, 0.2) is 0 Å². The molecule has 23 heavy (non-hydrogen) atoms. The van der Waals surface area contributed by atoms with Crippen LogP contribution in [0, 0.1) is 11.8 Å². The fraction of sp³-hybridized carbons (Fsp3) is 0.667. The largest absolute Gasteiger partial charge is 0.342 e. The van der Waals surface area contributed by atoms with Crippen LogP contribution in [0.4, 0.5) is 0 Å². The van der Waals surface area contributed by atoms with E-state index in [1.807, 2.05) is 22.4 Å². The van der Waals surface area contributed by atoms with Crippen molar-refractivity contribution in [2.75, 3.05) is 26.2 Å². The Labute approximate surface area is 142 Å². The van der Waals surface area contributed by atoms with Gasteiger partial charge in [-0.15, -0.1) is 11.3 Å². The van der Waals surface area contributed by atoms with Crippen LogP contribution in [0.5, 0.6) is 0 Å². The van der Waals surface area contributed by atoms with Crippen LogP contribution in [-0.4, -0.2) is 47.8 Å². The maximum Gasteiger partial charge on any atom is 0.227 e. The number of nitrogens with zero attached hydrogens (tertiary/aromatic N) is 2. The van der Waals surface area contributed by atoms with E-state index in [0.29, 0.717) is 18.2 Å². The van der Waals surface area contributed by atoms with Gasteiger partial charge in [0, 0.05) is 37.0 Å². The van der Waals surface area contributed by atoms with Gasteiger partial charge in [-0.3, -0.25) is 9.59 Å². The Morgan fingerprint density at radius 3 is 2.61 bits per heavy atom. The minimum absolute atomic E-state index is 0.117. The van der Waals surface area contributed by atoms with Gasteiger partial charge >= 0.3 is 0 Å². The zero-order valence-corrected chi connectivity index (χ0v) is 14.7. The summed E-state index contributed by atoms with van der Waals surface area (Å²) in [5.41, 5.74) is 0. The van der Waals surface area contributed by atoms with Crippen molar-refractivity contribution in [3.63, 3.8) is 0 Å². The number of thiophene rings is 1. The highest BCUT2D eigenvalue weighted by Gasteiger charge is 2.31. The molecular formula is C18H26N2O2S. The molecule has 1 atom stereocenters. The van der Waals surface area contributed by atoms with Crippen molar-refractivity contribution in [1.29, 1.82) is 0 Å². The molecule has 3 heterocycles. The Bertz CT molecular complexity index is 535. The molecular weight excluding hydrogens is 308 g/mol. The molecule has 0 radical (unpaired) electrons. The summed E-state index contributed by atoms with van der Waals surface area (Å²) in [4.78, 5) is 30.1. The third-order valence-electron chi connectivity index (χ3n) is 5.07. The van der Waals surface area contributed by atoms with Gasteiger partial charge in [-0.2, -0.15) is 0 Å². The first-order chi connectivity index (χ1) is 11.1. The molecule has 2 fully saturated rings. The Morgan fingerprint density at radius 1 is 1.17 bits per heavy atom. The van der Waals surface area contributed by atoms with E-state index in [1.165, 1.54) is 6.42 Å². The Balaban J connectivity index is 1.48. The number of hydrogen-bond acceptors (Lipinski definition) is 3. The fourth-order valence-electron chi connectivity index (χ4n) is 3.70. The number of likely N-dealkylation sites (tertiary alicyclic amines) is 2. The van der Waals surface area contributed by atoms with Gasteiger partial charge in [0.05, 0.1) is 6.42 Å². The molecule has 1 aromatic rings. The molecule has 1 unspecified atom stereocenters. The lowest BCUT2D eigenvalue weighted by Gasteiger charge is -2.37. The van der Waals surface area contributed by atoms with Gasteiger partial charge in [0.2, 0.25) is 11.8 Å². The van der Waals surface area contributed by atoms with Crippen LogP contribution in [0.2, 0.25) is 0 Å². The third-order valence-corrected chi connectivity index (χ3v) is 5.95. The van der Waals surface area contributed by atoms with Crippen molar-refractivity contribution in [2.24, 2.45) is 11.8 Å². The number of carbonyl (C=O) groups excluding carboxylic acids is 2. The Morgan fingerprint density at radius 2 is 1.96 bits per heavy atom. The van der Waals surface area contributed by atoms with Crippen molar-refractivity contribution in [3.05, 3.63) is 22.4 Å². The molecule has 2 aliphatic rings. The molecule has 0 aliphatic carbocycles. The van der Waals surface area contributed by atoms with E-state index in [9.17, 15) is 9.59 Å². The van der Waals surface area contributed by atoms with Crippen LogP contribution in [-0.2, 0) is 16.0 Å². The van der Waals surface area contributed by atoms with E-state index in [1.54, 1.807) is 11.3 Å². The molecule has 3 rings (SSSR count). The van der Waals surface area contributed by atoms with Gasteiger partial charge in [0.25, 0.3) is 0 Å². The first-order valence-electron chi connectivity index (χ1n) is 8.72. The highest BCUT2D eigenvalue weighted by molar-refractivity contribution is 7.10. The fourth-order valence-corrected chi connectivity index (χ4v) is 4.39. The number of piperidine rings is 2. The molecule has 2 aliphatic heterocycles. The van der Waals surface area contributed by atoms with Crippen molar-refractivity contribution in [3.8, 4) is 0 Å². The van der Waals surface area contributed by atoms with E-state index >= 15 is 0 Å². The van der Waals surface area contributed by atoms with Crippen LogP contribution in [0.1, 0.15) is 37.5 Å². The maximum atomic E-state index is 12.7. The summed E-state index contributed by atoms with van der Waals surface area (Å²) < 4.78 is 0. The average Bonchev–Trinajstić information content (AvgIpc) is 3.07. The van der Waals surface area contributed by atoms with Crippen LogP contribution < -0.4 is 0 Å². The number of hydrogen-bond donors (Lipinski definition) is 0. The molecule has 126 valence electrons. The summed E-state index contributed by atoms with van der Waals surface area (Å²) in [5, 5.41) is 2.01. The monoisotopic (exact) mass is 334 g/mol. The number of amides is 2. The summed E-state index contributed by atoms with van der Waals surface area (Å²) in [6, 6.07) is 3.99. The van der Waals surface area contributed by atoms with E-state index in [2.05, 4.69) is 11.8 Å². The van der Waals surface area contributed by atoms with Gasteiger partial charge < -0.3 is 9.80 Å². The summed E-state index contributed by atoms with van der Waals surface area (Å²) in [7, 11) is 0. The first-order valence-corrected chi connectivity index (χ1v) is 9.60. The van der Waals surface area contributed by atoms with E-state index in [-0.39, 0.29) is 11.8 Å². The molecule has 2 saturated heterocycles. The first kappa shape index (κ1) is 16.5. The Hall–Kier alpha value is -1.36. The topological polar surface area (TPSA) is 40.6 Å². The number of rotatable bonds is 3. The summed E-state index contributed by atoms with van der Waals surface area (Å²) in [6.45, 7) is 5.51. The lowest BCUT2D eigenvalue weighted by atomic mass is 9.92. The van der Waals surface area contributed by atoms with Gasteiger partial charge in [0.1, 0.15) is 0 Å². The zero-order chi connectivity index (χ0) is 16.2. The molecule has 0 spiro atoms. The van der Waals surface area contributed by atoms with E-state index in [4.69, 9.17) is 0 Å². The molecule has 0 saturated carbocycles. The second-order valence-corrected chi connectivity index (χ2v) is 7.98. The quantitative estimate of drug-likeness (QED) is 0.853. The molecule has 0 bridgehead atoms. The predicted molar refractivity (Wildman–Crippen MR) is 92.3 cm³/mol. The molecule has 5 heteroatoms. The van der Waals surface area contributed by atoms with Crippen molar-refractivity contribution < 1.29 is 9.59 Å². The number of carbonyl (C=O) groups is 2. The summed E-state index contributed by atoms with van der Waals surface area (Å²) >= 11 is 1.63. The van der Waals surface area contributed by atoms with Gasteiger partial charge in [-0.05, 0) is 43.0 Å². The zero-order valence-electron chi connectivity index (χ0n) is 13.9. The normalized spacial score (nSPS) is 23.1. The summed E-state index contributed by atoms with van der Waals surface area (Å²) in [6.07, 6.45) is 4.50. The van der Waals surface area contributed by atoms with Crippen molar-refractivity contribution in [1.82, 2.24) is 9.80 Å². The standard InChI is InChI=1S/C18H26N2O2S/c1-14-4-2-8-20(13-14)18(22)15-6-9-19(10-7-15)17(21)12-16-5-3-11-23-16/h3,5,11,14-15H,2,4,6-10,12-13H2,1H3. The molecule has 4 nitrogen and oxygen atoms in total. The predicted octanol–water partition coefficient (Wildman–Crippen LogP) is 2.79. The second kappa shape index (κ2) is 7.47. The minimum Gasteiger partial charge on any atom is -0.342 e. The van der Waals surface area contributed by atoms with Crippen LogP contribution >= 0.6 is 11.3 Å². The highest BCUT2D eigenvalue weighted by atomic mass is 32.1. The van der Waals surface area contributed by atoms with E-state index in [0.717, 1.165) is 50.3 Å². The molecule has 2 amide bonds. The lowest BCUT2D eigenvalue weighted by Crippen LogP contribution is -2.47. The summed E-state index contributed by atoms with van der Waals surface area (Å²) in [5.74, 6) is 1.26. The third kappa shape index (κ3) is 4.14. The smallest absolute Gasteiger partial charge is 0.227 e. The lowest BCUT2D eigenvalue weighted by molar-refractivity contribution is -0.141. The average molecular weight is 334 g/mol. The minimum atomic E-state index is 0.117.